The fourth-order valence-electron chi connectivity index (χ4n) is 1.98. The van der Waals surface area contributed by atoms with Crippen LogP contribution in [0.1, 0.15) is 12.8 Å². The van der Waals surface area contributed by atoms with Crippen LogP contribution in [0.25, 0.3) is 10.8 Å². The lowest BCUT2D eigenvalue weighted by Gasteiger charge is -2.13. The maximum atomic E-state index is 12.0. The van der Waals surface area contributed by atoms with Gasteiger partial charge in [-0.25, -0.2) is 0 Å². The van der Waals surface area contributed by atoms with Crippen molar-refractivity contribution in [1.29, 1.82) is 0 Å². The molecule has 3 rings (SSSR count). The number of carbonyl (C=O) groups is 1. The molecule has 92 valence electrons. The second-order valence-corrected chi connectivity index (χ2v) is 5.61. The minimum Gasteiger partial charge on any atom is -0.324 e. The van der Waals surface area contributed by atoms with Gasteiger partial charge in [0.25, 0.3) is 0 Å². The van der Waals surface area contributed by atoms with E-state index in [0.717, 1.165) is 33.8 Å². The lowest BCUT2D eigenvalue weighted by Crippen LogP contribution is -2.37. The summed E-state index contributed by atoms with van der Waals surface area (Å²) in [4.78, 5) is 12.0. The summed E-state index contributed by atoms with van der Waals surface area (Å²) < 4.78 is 1.02. The molecule has 0 aliphatic heterocycles. The molecule has 4 heteroatoms. The predicted octanol–water partition coefficient (Wildman–Crippen LogP) is 3.03. The normalized spacial score (nSPS) is 16.6. The van der Waals surface area contributed by atoms with E-state index in [4.69, 9.17) is 5.73 Å². The number of fused-ring (bicyclic) bond motifs is 1. The largest absolute Gasteiger partial charge is 0.324 e. The summed E-state index contributed by atoms with van der Waals surface area (Å²) in [5, 5.41) is 5.03. The number of hydrogen-bond acceptors (Lipinski definition) is 2. The molecular formula is C14H13BrN2O. The number of carbonyl (C=O) groups excluding carboxylic acids is 1. The van der Waals surface area contributed by atoms with E-state index < -0.39 is 5.54 Å². The first-order valence-corrected chi connectivity index (χ1v) is 6.67. The molecule has 0 bridgehead atoms. The molecule has 0 heterocycles. The second-order valence-electron chi connectivity index (χ2n) is 4.75. The third-order valence-electron chi connectivity index (χ3n) is 3.36. The van der Waals surface area contributed by atoms with Gasteiger partial charge in [-0.05, 0) is 30.4 Å². The Morgan fingerprint density at radius 3 is 2.50 bits per heavy atom. The highest BCUT2D eigenvalue weighted by molar-refractivity contribution is 9.10. The van der Waals surface area contributed by atoms with Gasteiger partial charge in [0.2, 0.25) is 5.91 Å². The number of rotatable bonds is 2. The van der Waals surface area contributed by atoms with Crippen LogP contribution in [0.4, 0.5) is 5.69 Å². The number of halogens is 1. The van der Waals surface area contributed by atoms with Crippen LogP contribution in [0.3, 0.4) is 0 Å². The molecule has 0 spiro atoms. The van der Waals surface area contributed by atoms with Crippen LogP contribution >= 0.6 is 15.9 Å². The van der Waals surface area contributed by atoms with Crippen molar-refractivity contribution >= 4 is 38.3 Å². The molecule has 1 aliphatic rings. The van der Waals surface area contributed by atoms with E-state index in [2.05, 4.69) is 21.2 Å². The molecule has 0 atom stereocenters. The number of amides is 1. The fraction of sp³-hybridized carbons (Fsp3) is 0.214. The third-order valence-corrected chi connectivity index (χ3v) is 4.05. The van der Waals surface area contributed by atoms with Crippen LogP contribution in [0.15, 0.2) is 40.9 Å². The van der Waals surface area contributed by atoms with Crippen LogP contribution < -0.4 is 11.1 Å². The van der Waals surface area contributed by atoms with Crippen molar-refractivity contribution in [1.82, 2.24) is 0 Å². The number of hydrogen-bond donors (Lipinski definition) is 2. The number of benzene rings is 2. The Morgan fingerprint density at radius 1 is 1.17 bits per heavy atom. The summed E-state index contributed by atoms with van der Waals surface area (Å²) in [7, 11) is 0. The quantitative estimate of drug-likeness (QED) is 0.896. The molecule has 2 aromatic rings. The Balaban J connectivity index is 2.02. The third kappa shape index (κ3) is 1.91. The van der Waals surface area contributed by atoms with Crippen molar-refractivity contribution < 1.29 is 4.79 Å². The highest BCUT2D eigenvalue weighted by Gasteiger charge is 2.46. The van der Waals surface area contributed by atoms with Gasteiger partial charge < -0.3 is 11.1 Å². The standard InChI is InChI=1S/C14H13BrN2O/c15-11-5-6-12(10-4-2-1-3-9(10)11)17-13(18)14(16)7-8-14/h1-6H,7-8,16H2,(H,17,18). The van der Waals surface area contributed by atoms with E-state index in [1.54, 1.807) is 0 Å². The predicted molar refractivity (Wildman–Crippen MR) is 76.4 cm³/mol. The van der Waals surface area contributed by atoms with Gasteiger partial charge in [-0.1, -0.05) is 40.2 Å². The maximum Gasteiger partial charge on any atom is 0.244 e. The summed E-state index contributed by atoms with van der Waals surface area (Å²) in [5.41, 5.74) is 6.06. The van der Waals surface area contributed by atoms with Crippen molar-refractivity contribution in [3.63, 3.8) is 0 Å². The van der Waals surface area contributed by atoms with Gasteiger partial charge in [-0.15, -0.1) is 0 Å². The van der Waals surface area contributed by atoms with E-state index in [-0.39, 0.29) is 5.91 Å². The summed E-state index contributed by atoms with van der Waals surface area (Å²) >= 11 is 3.51. The molecule has 1 fully saturated rings. The minimum atomic E-state index is -0.645. The van der Waals surface area contributed by atoms with Crippen molar-refractivity contribution in [3.8, 4) is 0 Å². The molecule has 0 aromatic heterocycles. The van der Waals surface area contributed by atoms with Crippen molar-refractivity contribution in [2.75, 3.05) is 5.32 Å². The fourth-order valence-corrected chi connectivity index (χ4v) is 2.46. The van der Waals surface area contributed by atoms with Gasteiger partial charge in [0.1, 0.15) is 0 Å². The number of nitrogens with one attached hydrogen (secondary N) is 1. The molecule has 18 heavy (non-hydrogen) atoms. The Labute approximate surface area is 113 Å². The van der Waals surface area contributed by atoms with Crippen molar-refractivity contribution in [3.05, 3.63) is 40.9 Å². The summed E-state index contributed by atoms with van der Waals surface area (Å²) in [6.07, 6.45) is 1.54. The van der Waals surface area contributed by atoms with Gasteiger partial charge in [-0.3, -0.25) is 4.79 Å². The lowest BCUT2D eigenvalue weighted by molar-refractivity contribution is -0.118. The summed E-state index contributed by atoms with van der Waals surface area (Å²) in [6.45, 7) is 0. The SMILES string of the molecule is NC1(C(=O)Nc2ccc(Br)c3ccccc23)CC1. The second kappa shape index (κ2) is 4.07. The van der Waals surface area contributed by atoms with Crippen molar-refractivity contribution in [2.24, 2.45) is 5.73 Å². The Morgan fingerprint density at radius 2 is 1.83 bits per heavy atom. The number of nitrogens with two attached hydrogens (primary N) is 1. The van der Waals surface area contributed by atoms with Gasteiger partial charge >= 0.3 is 0 Å². The molecule has 0 unspecified atom stereocenters. The molecule has 0 radical (unpaired) electrons. The Kier molecular flexibility index (Phi) is 2.64. The van der Waals surface area contributed by atoms with E-state index >= 15 is 0 Å². The topological polar surface area (TPSA) is 55.1 Å². The molecular weight excluding hydrogens is 292 g/mol. The van der Waals surface area contributed by atoms with Gasteiger partial charge in [0.05, 0.1) is 5.54 Å². The lowest BCUT2D eigenvalue weighted by atomic mass is 10.1. The molecule has 3 nitrogen and oxygen atoms in total. The maximum absolute atomic E-state index is 12.0. The minimum absolute atomic E-state index is 0.0880. The molecule has 1 saturated carbocycles. The van der Waals surface area contributed by atoms with Crippen LogP contribution in [0.2, 0.25) is 0 Å². The van der Waals surface area contributed by atoms with E-state index in [9.17, 15) is 4.79 Å². The molecule has 3 N–H and O–H groups in total. The average molecular weight is 305 g/mol. The van der Waals surface area contributed by atoms with Crippen LogP contribution in [0.5, 0.6) is 0 Å². The van der Waals surface area contributed by atoms with Crippen LogP contribution in [0, 0.1) is 0 Å². The highest BCUT2D eigenvalue weighted by atomic mass is 79.9. The number of anilines is 1. The van der Waals surface area contributed by atoms with E-state index in [1.165, 1.54) is 0 Å². The first kappa shape index (κ1) is 11.7. The van der Waals surface area contributed by atoms with Gasteiger partial charge in [-0.2, -0.15) is 0 Å². The Hall–Kier alpha value is -1.39. The zero-order chi connectivity index (χ0) is 12.8. The molecule has 1 aliphatic carbocycles. The molecule has 2 aromatic carbocycles. The van der Waals surface area contributed by atoms with Crippen molar-refractivity contribution in [2.45, 2.75) is 18.4 Å². The van der Waals surface area contributed by atoms with Gasteiger partial charge in [0, 0.05) is 15.5 Å². The molecule has 1 amide bonds. The van der Waals surface area contributed by atoms with E-state index in [0.29, 0.717) is 0 Å². The monoisotopic (exact) mass is 304 g/mol. The van der Waals surface area contributed by atoms with Gasteiger partial charge in [0.15, 0.2) is 0 Å². The average Bonchev–Trinajstić information content (AvgIpc) is 3.13. The highest BCUT2D eigenvalue weighted by Crippen LogP contribution is 2.35. The zero-order valence-electron chi connectivity index (χ0n) is 9.74. The first-order chi connectivity index (χ1) is 8.60. The summed E-state index contributed by atoms with van der Waals surface area (Å²) in [6, 6.07) is 11.8. The van der Waals surface area contributed by atoms with E-state index in [1.807, 2.05) is 36.4 Å². The summed E-state index contributed by atoms with van der Waals surface area (Å²) in [5.74, 6) is -0.0880. The molecule has 0 saturated heterocycles. The Bertz CT molecular complexity index is 635. The zero-order valence-corrected chi connectivity index (χ0v) is 11.3. The smallest absolute Gasteiger partial charge is 0.244 e. The van der Waals surface area contributed by atoms with Crippen LogP contribution in [-0.4, -0.2) is 11.4 Å². The first-order valence-electron chi connectivity index (χ1n) is 5.88. The van der Waals surface area contributed by atoms with Crippen LogP contribution in [-0.2, 0) is 4.79 Å².